The molecule has 11 aromatic rings. The average Bonchev–Trinajstić information content (AvgIpc) is 4.37. The van der Waals surface area contributed by atoms with Crippen molar-refractivity contribution in [3.8, 4) is 28.7 Å². The molecular formula is C53H29BrF15N11O3. The van der Waals surface area contributed by atoms with Crippen molar-refractivity contribution in [1.82, 2.24) is 49.3 Å². The Hall–Kier alpha value is -9.61. The van der Waals surface area contributed by atoms with Gasteiger partial charge in [0.25, 0.3) is 5.69 Å². The third-order valence-corrected chi connectivity index (χ3v) is 12.2. The molecule has 0 N–H and O–H groups in total. The summed E-state index contributed by atoms with van der Waals surface area (Å²) < 4.78 is 195. The first-order valence-electron chi connectivity index (χ1n) is 23.0. The zero-order chi connectivity index (χ0) is 60.3. The van der Waals surface area contributed by atoms with Crippen LogP contribution in [0, 0.1) is 34.5 Å². The van der Waals surface area contributed by atoms with Crippen molar-refractivity contribution < 1.29 is 75.6 Å². The number of nitro groups is 1. The minimum Gasteiger partial charge on any atom is -0.298 e. The van der Waals surface area contributed by atoms with Gasteiger partial charge in [-0.15, -0.1) is 0 Å². The van der Waals surface area contributed by atoms with E-state index in [0.29, 0.717) is 55.8 Å². The number of pyridine rings is 4. The smallest absolute Gasteiger partial charge is 0.298 e. The van der Waals surface area contributed by atoms with Gasteiger partial charge < -0.3 is 0 Å². The molecule has 0 radical (unpaired) electrons. The Morgan fingerprint density at radius 1 is 0.506 bits per heavy atom. The van der Waals surface area contributed by atoms with Crippen molar-refractivity contribution in [3.63, 3.8) is 0 Å². The van der Waals surface area contributed by atoms with Gasteiger partial charge in [-0.25, -0.2) is 42.2 Å². The van der Waals surface area contributed by atoms with Crippen LogP contribution in [-0.2, 0) is 24.7 Å². The van der Waals surface area contributed by atoms with Crippen LogP contribution in [0.2, 0.25) is 0 Å². The molecule has 11 rings (SSSR count). The summed E-state index contributed by atoms with van der Waals surface area (Å²) in [5, 5.41) is 24.3. The Morgan fingerprint density at radius 3 is 1.45 bits per heavy atom. The number of nitrogens with zero attached hydrogens (tertiary/aromatic N) is 11. The van der Waals surface area contributed by atoms with E-state index >= 15 is 0 Å². The summed E-state index contributed by atoms with van der Waals surface area (Å²) in [7, 11) is 0. The Labute approximate surface area is 462 Å². The minimum absolute atomic E-state index is 0.137. The predicted octanol–water partition coefficient (Wildman–Crippen LogP) is 15.3. The maximum atomic E-state index is 13.2. The highest BCUT2D eigenvalue weighted by Crippen LogP contribution is 2.38. The molecule has 0 amide bonds. The molecule has 30 heteroatoms. The SMILES string of the molecule is Cc1ccc(-c2c3ccc(C(F)(F)F)cc3nn2-c2ccc(F)cn2)cn1.Fc1ccc(-n2cc3ccc(C(F)(F)F)cc3n2)nc1.Fc1ccc(-n2nc3cc(C(F)(F)F)ccc3c2Br)nc1.O=Cc1ccc(C(F)(F)F)cc1[N+](=O)[O-]. The van der Waals surface area contributed by atoms with Crippen LogP contribution >= 0.6 is 15.9 Å². The highest BCUT2D eigenvalue weighted by molar-refractivity contribution is 9.10. The number of nitro benzene ring substituents is 1. The van der Waals surface area contributed by atoms with Crippen molar-refractivity contribution in [2.75, 3.05) is 0 Å². The lowest BCUT2D eigenvalue weighted by Crippen LogP contribution is -2.06. The van der Waals surface area contributed by atoms with E-state index in [-0.39, 0.29) is 34.2 Å². The van der Waals surface area contributed by atoms with Gasteiger partial charge in [0.2, 0.25) is 0 Å². The van der Waals surface area contributed by atoms with E-state index < -0.39 is 75.0 Å². The van der Waals surface area contributed by atoms with Gasteiger partial charge in [-0.2, -0.15) is 68.0 Å². The number of aromatic nitrogens is 10. The molecule has 4 aromatic carbocycles. The number of aryl methyl sites for hydroxylation is 1. The second-order valence-electron chi connectivity index (χ2n) is 17.1. The van der Waals surface area contributed by atoms with Crippen molar-refractivity contribution >= 4 is 60.6 Å². The maximum absolute atomic E-state index is 13.2. The quantitative estimate of drug-likeness (QED) is 0.0677. The zero-order valence-electron chi connectivity index (χ0n) is 41.2. The second kappa shape index (κ2) is 23.5. The molecule has 7 heterocycles. The van der Waals surface area contributed by atoms with Crippen LogP contribution in [0.1, 0.15) is 38.3 Å². The topological polar surface area (TPSA) is 165 Å². The van der Waals surface area contributed by atoms with E-state index in [1.54, 1.807) is 18.3 Å². The van der Waals surface area contributed by atoms with Crippen LogP contribution in [-0.4, -0.2) is 60.5 Å². The zero-order valence-corrected chi connectivity index (χ0v) is 42.8. The summed E-state index contributed by atoms with van der Waals surface area (Å²) >= 11 is 3.27. The number of alkyl halides is 12. The maximum Gasteiger partial charge on any atom is 0.416 e. The number of halogens is 16. The molecule has 14 nitrogen and oxygen atoms in total. The Bertz CT molecular complexity index is 4150. The summed E-state index contributed by atoms with van der Waals surface area (Å²) in [6.45, 7) is 1.83. The first-order valence-corrected chi connectivity index (χ1v) is 23.8. The highest BCUT2D eigenvalue weighted by Gasteiger charge is 2.35. The van der Waals surface area contributed by atoms with Crippen molar-refractivity contribution in [2.24, 2.45) is 0 Å². The molecule has 0 fully saturated rings. The fourth-order valence-corrected chi connectivity index (χ4v) is 8.07. The van der Waals surface area contributed by atoms with Crippen LogP contribution in [0.25, 0.3) is 61.4 Å². The van der Waals surface area contributed by atoms with E-state index in [1.807, 2.05) is 6.92 Å². The Balaban J connectivity index is 0.000000148. The van der Waals surface area contributed by atoms with E-state index in [1.165, 1.54) is 74.8 Å². The van der Waals surface area contributed by atoms with Gasteiger partial charge in [-0.1, -0.05) is 6.07 Å². The second-order valence-corrected chi connectivity index (χ2v) is 17.9. The predicted molar refractivity (Wildman–Crippen MR) is 271 cm³/mol. The number of rotatable bonds is 6. The molecule has 83 heavy (non-hydrogen) atoms. The summed E-state index contributed by atoms with van der Waals surface area (Å²) in [4.78, 5) is 35.5. The summed E-state index contributed by atoms with van der Waals surface area (Å²) in [5.74, 6) is -0.606. The molecule has 0 aliphatic carbocycles. The average molecular weight is 1230 g/mol. The molecule has 0 bridgehead atoms. The molecule has 0 saturated carbocycles. The van der Waals surface area contributed by atoms with E-state index in [9.17, 15) is 80.8 Å². The van der Waals surface area contributed by atoms with Crippen molar-refractivity contribution in [3.05, 3.63) is 218 Å². The van der Waals surface area contributed by atoms with Crippen LogP contribution in [0.4, 0.5) is 71.5 Å². The van der Waals surface area contributed by atoms with Crippen LogP contribution in [0.5, 0.6) is 0 Å². The summed E-state index contributed by atoms with van der Waals surface area (Å²) in [6, 6.07) is 23.1. The van der Waals surface area contributed by atoms with Gasteiger partial charge in [0.15, 0.2) is 23.7 Å². The van der Waals surface area contributed by atoms with Crippen LogP contribution in [0.3, 0.4) is 0 Å². The normalized spacial score (nSPS) is 11.8. The monoisotopic (exact) mass is 1230 g/mol. The van der Waals surface area contributed by atoms with Gasteiger partial charge in [0.05, 0.1) is 73.6 Å². The first-order chi connectivity index (χ1) is 39.0. The molecule has 7 aromatic heterocycles. The lowest BCUT2D eigenvalue weighted by Gasteiger charge is -2.08. The summed E-state index contributed by atoms with van der Waals surface area (Å²) in [6.07, 6.45) is -11.6. The third-order valence-electron chi connectivity index (χ3n) is 11.4. The number of benzene rings is 4. The molecule has 0 unspecified atom stereocenters. The summed E-state index contributed by atoms with van der Waals surface area (Å²) in [5.41, 5.74) is -2.19. The number of hydrogen-bond donors (Lipinski definition) is 0. The molecular weight excluding hydrogens is 1200 g/mol. The number of fused-ring (bicyclic) bond motifs is 3. The van der Waals surface area contributed by atoms with Crippen LogP contribution in [0.15, 0.2) is 157 Å². The molecule has 426 valence electrons. The fourth-order valence-electron chi connectivity index (χ4n) is 7.47. The van der Waals surface area contributed by atoms with E-state index in [4.69, 9.17) is 0 Å². The molecule has 0 spiro atoms. The van der Waals surface area contributed by atoms with E-state index in [2.05, 4.69) is 51.2 Å². The molecule has 0 atom stereocenters. The van der Waals surface area contributed by atoms with Gasteiger partial charge in [-0.05, 0) is 132 Å². The number of carbonyl (C=O) groups is 1. The van der Waals surface area contributed by atoms with Gasteiger partial charge in [0.1, 0.15) is 22.1 Å². The molecule has 0 aliphatic rings. The number of aldehydes is 1. The van der Waals surface area contributed by atoms with Gasteiger partial charge >= 0.3 is 24.7 Å². The highest BCUT2D eigenvalue weighted by atomic mass is 79.9. The molecule has 0 aliphatic heterocycles. The first kappa shape index (κ1) is 59.5. The van der Waals surface area contributed by atoms with Crippen molar-refractivity contribution in [1.29, 1.82) is 0 Å². The standard InChI is InChI=1S/C19H12F4N4.C13H6BrF4N3.C13H7F4N3.C8H4F3NO3/c1-11-2-3-12(9-24-11)18-15-6-4-13(19(21,22)23)8-16(15)26-27(18)17-7-5-14(20)10-25-17;14-12-9-3-1-7(13(16,17)18)5-10(9)20-21(12)11-4-2-8(15)6-19-11;14-10-3-4-12(18-6-10)20-7-8-1-2-9(13(15,16)17)5-11(8)19-20;9-8(10,11)6-2-1-5(4-13)7(3-6)12(14)15/h2-10H,1H3;1-6H;1-7H;1-4H. The number of carbonyl (C=O) groups excluding carboxylic acids is 1. The van der Waals surface area contributed by atoms with E-state index in [0.717, 1.165) is 66.7 Å². The van der Waals surface area contributed by atoms with Crippen molar-refractivity contribution in [2.45, 2.75) is 31.6 Å². The van der Waals surface area contributed by atoms with Gasteiger partial charge in [0, 0.05) is 45.9 Å². The Kier molecular flexibility index (Phi) is 16.8. The Morgan fingerprint density at radius 2 is 0.964 bits per heavy atom. The minimum atomic E-state index is -4.66. The third kappa shape index (κ3) is 13.9. The number of hydrogen-bond acceptors (Lipinski definition) is 10. The molecule has 0 saturated heterocycles. The van der Waals surface area contributed by atoms with Gasteiger partial charge in [-0.3, -0.25) is 19.9 Å². The fraction of sp³-hybridized carbons (Fsp3) is 0.0943. The lowest BCUT2D eigenvalue weighted by molar-refractivity contribution is -0.385. The van der Waals surface area contributed by atoms with Crippen LogP contribution < -0.4 is 0 Å². The lowest BCUT2D eigenvalue weighted by atomic mass is 10.1. The largest absolute Gasteiger partial charge is 0.416 e.